The van der Waals surface area contributed by atoms with Crippen molar-refractivity contribution >= 4 is 11.8 Å². The molecule has 1 aliphatic rings. The quantitative estimate of drug-likeness (QED) is 0.845. The maximum absolute atomic E-state index is 10.8. The van der Waals surface area contributed by atoms with Crippen molar-refractivity contribution in [3.8, 4) is 5.75 Å². The third-order valence-electron chi connectivity index (χ3n) is 2.98. The lowest BCUT2D eigenvalue weighted by Crippen LogP contribution is -2.48. The van der Waals surface area contributed by atoms with Crippen LogP contribution in [0.1, 0.15) is 0 Å². The zero-order valence-corrected chi connectivity index (χ0v) is 9.80. The maximum atomic E-state index is 10.8. The van der Waals surface area contributed by atoms with Crippen LogP contribution in [0, 0.1) is 0 Å². The molecule has 2 rings (SSSR count). The van der Waals surface area contributed by atoms with E-state index in [1.807, 2.05) is 24.3 Å². The number of benzene rings is 1. The summed E-state index contributed by atoms with van der Waals surface area (Å²) >= 11 is 0. The van der Waals surface area contributed by atoms with Gasteiger partial charge >= 0.3 is 6.09 Å². The lowest BCUT2D eigenvalue weighted by molar-refractivity contribution is 0.142. The molecule has 0 atom stereocenters. The first-order valence-electron chi connectivity index (χ1n) is 5.58. The molecule has 0 unspecified atom stereocenters. The van der Waals surface area contributed by atoms with Gasteiger partial charge in [-0.3, -0.25) is 0 Å². The number of para-hydroxylation sites is 2. The van der Waals surface area contributed by atoms with Gasteiger partial charge in [0.05, 0.1) is 12.8 Å². The van der Waals surface area contributed by atoms with E-state index in [0.29, 0.717) is 26.2 Å². The lowest BCUT2D eigenvalue weighted by Gasteiger charge is -2.35. The summed E-state index contributed by atoms with van der Waals surface area (Å²) in [6.45, 7) is 2.47. The van der Waals surface area contributed by atoms with E-state index in [-0.39, 0.29) is 0 Å². The fourth-order valence-corrected chi connectivity index (χ4v) is 2.03. The summed E-state index contributed by atoms with van der Waals surface area (Å²) in [6.07, 6.45) is -0.843. The number of nitrogens with zero attached hydrogens (tertiary/aromatic N) is 2. The molecule has 1 N–H and O–H groups in total. The molecular formula is C12H16N2O3. The number of rotatable bonds is 2. The fourth-order valence-electron chi connectivity index (χ4n) is 2.03. The summed E-state index contributed by atoms with van der Waals surface area (Å²) < 4.78 is 5.30. The predicted molar refractivity (Wildman–Crippen MR) is 64.8 cm³/mol. The molecule has 92 valence electrons. The number of anilines is 1. The van der Waals surface area contributed by atoms with Gasteiger partial charge in [-0.2, -0.15) is 0 Å². The Balaban J connectivity index is 2.07. The van der Waals surface area contributed by atoms with Crippen molar-refractivity contribution in [1.29, 1.82) is 0 Å². The highest BCUT2D eigenvalue weighted by Crippen LogP contribution is 2.28. The first kappa shape index (κ1) is 11.6. The predicted octanol–water partition coefficient (Wildman–Crippen LogP) is 1.50. The number of hydrogen-bond acceptors (Lipinski definition) is 3. The summed E-state index contributed by atoms with van der Waals surface area (Å²) in [5.74, 6) is 0.830. The van der Waals surface area contributed by atoms with E-state index in [4.69, 9.17) is 9.84 Å². The highest BCUT2D eigenvalue weighted by molar-refractivity contribution is 5.66. The normalized spacial score (nSPS) is 15.8. The molecular weight excluding hydrogens is 220 g/mol. The molecule has 0 radical (unpaired) electrons. The Hall–Kier alpha value is -1.91. The van der Waals surface area contributed by atoms with Crippen molar-refractivity contribution in [1.82, 2.24) is 4.90 Å². The Morgan fingerprint density at radius 3 is 2.47 bits per heavy atom. The molecule has 5 nitrogen and oxygen atoms in total. The second-order valence-corrected chi connectivity index (χ2v) is 3.93. The van der Waals surface area contributed by atoms with E-state index in [9.17, 15) is 4.79 Å². The first-order chi connectivity index (χ1) is 8.22. The standard InChI is InChI=1S/C12H16N2O3/c1-17-11-5-3-2-4-10(11)13-6-8-14(9-7-13)12(15)16/h2-5H,6-9H2,1H3,(H,15,16). The number of ether oxygens (including phenoxy) is 1. The summed E-state index contributed by atoms with van der Waals surface area (Å²) in [7, 11) is 1.65. The smallest absolute Gasteiger partial charge is 0.407 e. The summed E-state index contributed by atoms with van der Waals surface area (Å²) in [5, 5.41) is 8.88. The van der Waals surface area contributed by atoms with Crippen molar-refractivity contribution in [2.24, 2.45) is 0 Å². The van der Waals surface area contributed by atoms with Crippen molar-refractivity contribution in [3.05, 3.63) is 24.3 Å². The van der Waals surface area contributed by atoms with E-state index in [1.165, 1.54) is 4.90 Å². The zero-order valence-electron chi connectivity index (χ0n) is 9.80. The minimum atomic E-state index is -0.843. The second-order valence-electron chi connectivity index (χ2n) is 3.93. The maximum Gasteiger partial charge on any atom is 0.407 e. The Bertz CT molecular complexity index is 400. The van der Waals surface area contributed by atoms with Crippen LogP contribution in [0.3, 0.4) is 0 Å². The van der Waals surface area contributed by atoms with E-state index in [2.05, 4.69) is 4.90 Å². The van der Waals surface area contributed by atoms with Crippen LogP contribution in [0.4, 0.5) is 10.5 Å². The van der Waals surface area contributed by atoms with E-state index in [1.54, 1.807) is 7.11 Å². The van der Waals surface area contributed by atoms with Crippen molar-refractivity contribution < 1.29 is 14.6 Å². The molecule has 5 heteroatoms. The van der Waals surface area contributed by atoms with Crippen LogP contribution in [0.15, 0.2) is 24.3 Å². The Kier molecular flexibility index (Phi) is 3.37. The molecule has 0 bridgehead atoms. The molecule has 1 heterocycles. The zero-order chi connectivity index (χ0) is 12.3. The van der Waals surface area contributed by atoms with Crippen LogP contribution >= 0.6 is 0 Å². The van der Waals surface area contributed by atoms with Gasteiger partial charge in [-0.05, 0) is 12.1 Å². The van der Waals surface area contributed by atoms with Crippen LogP contribution in [-0.4, -0.2) is 49.4 Å². The third kappa shape index (κ3) is 2.43. The van der Waals surface area contributed by atoms with Crippen LogP contribution in [0.25, 0.3) is 0 Å². The van der Waals surface area contributed by atoms with Gasteiger partial charge in [-0.1, -0.05) is 12.1 Å². The number of piperazine rings is 1. The topological polar surface area (TPSA) is 53.0 Å². The highest BCUT2D eigenvalue weighted by Gasteiger charge is 2.21. The molecule has 1 aromatic carbocycles. The van der Waals surface area contributed by atoms with Gasteiger partial charge in [-0.15, -0.1) is 0 Å². The molecule has 1 aromatic rings. The van der Waals surface area contributed by atoms with E-state index in [0.717, 1.165) is 11.4 Å². The lowest BCUT2D eigenvalue weighted by atomic mass is 10.2. The third-order valence-corrected chi connectivity index (χ3v) is 2.98. The molecule has 0 aromatic heterocycles. The van der Waals surface area contributed by atoms with Crippen LogP contribution in [-0.2, 0) is 0 Å². The Morgan fingerprint density at radius 2 is 1.88 bits per heavy atom. The second kappa shape index (κ2) is 4.95. The molecule has 1 amide bonds. The minimum Gasteiger partial charge on any atom is -0.495 e. The number of carbonyl (C=O) groups is 1. The van der Waals surface area contributed by atoms with E-state index >= 15 is 0 Å². The van der Waals surface area contributed by atoms with Crippen molar-refractivity contribution in [2.45, 2.75) is 0 Å². The Morgan fingerprint density at radius 1 is 1.24 bits per heavy atom. The summed E-state index contributed by atoms with van der Waals surface area (Å²) in [5.41, 5.74) is 1.03. The van der Waals surface area contributed by atoms with Gasteiger partial charge < -0.3 is 19.6 Å². The number of carboxylic acid groups (broad SMARTS) is 1. The van der Waals surface area contributed by atoms with Gasteiger partial charge in [0, 0.05) is 26.2 Å². The highest BCUT2D eigenvalue weighted by atomic mass is 16.5. The first-order valence-corrected chi connectivity index (χ1v) is 5.58. The molecule has 0 saturated carbocycles. The van der Waals surface area contributed by atoms with Crippen LogP contribution < -0.4 is 9.64 Å². The van der Waals surface area contributed by atoms with Crippen LogP contribution in [0.5, 0.6) is 5.75 Å². The minimum absolute atomic E-state index is 0.535. The van der Waals surface area contributed by atoms with Gasteiger partial charge in [-0.25, -0.2) is 4.79 Å². The van der Waals surface area contributed by atoms with Crippen molar-refractivity contribution in [3.63, 3.8) is 0 Å². The molecule has 1 aliphatic heterocycles. The van der Waals surface area contributed by atoms with Gasteiger partial charge in [0.1, 0.15) is 5.75 Å². The molecule has 0 spiro atoms. The van der Waals surface area contributed by atoms with Gasteiger partial charge in [0.2, 0.25) is 0 Å². The average molecular weight is 236 g/mol. The largest absolute Gasteiger partial charge is 0.495 e. The van der Waals surface area contributed by atoms with Gasteiger partial charge in [0.15, 0.2) is 0 Å². The number of hydrogen-bond donors (Lipinski definition) is 1. The van der Waals surface area contributed by atoms with Crippen LogP contribution in [0.2, 0.25) is 0 Å². The SMILES string of the molecule is COc1ccccc1N1CCN(C(=O)O)CC1. The summed E-state index contributed by atoms with van der Waals surface area (Å²) in [4.78, 5) is 14.4. The molecule has 17 heavy (non-hydrogen) atoms. The molecule has 1 saturated heterocycles. The van der Waals surface area contributed by atoms with Gasteiger partial charge in [0.25, 0.3) is 0 Å². The van der Waals surface area contributed by atoms with E-state index < -0.39 is 6.09 Å². The molecule has 0 aliphatic carbocycles. The number of methoxy groups -OCH3 is 1. The molecule has 1 fully saturated rings. The monoisotopic (exact) mass is 236 g/mol. The van der Waals surface area contributed by atoms with Crippen molar-refractivity contribution in [2.75, 3.05) is 38.2 Å². The number of amides is 1. The summed E-state index contributed by atoms with van der Waals surface area (Å²) in [6, 6.07) is 7.80. The average Bonchev–Trinajstić information content (AvgIpc) is 2.39. The fraction of sp³-hybridized carbons (Fsp3) is 0.417. The Labute approximate surface area is 100 Å².